The van der Waals surface area contributed by atoms with Crippen LogP contribution in [0, 0.1) is 17.0 Å². The Morgan fingerprint density at radius 1 is 1.26 bits per heavy atom. The number of aryl methyl sites for hydroxylation is 1. The van der Waals surface area contributed by atoms with Crippen LogP contribution in [0.5, 0.6) is 5.75 Å². The van der Waals surface area contributed by atoms with Gasteiger partial charge in [0, 0.05) is 22.3 Å². The van der Waals surface area contributed by atoms with E-state index in [1.54, 1.807) is 41.8 Å². The first-order valence-electron chi connectivity index (χ1n) is 7.95. The van der Waals surface area contributed by atoms with Gasteiger partial charge in [-0.25, -0.2) is 0 Å². The Kier molecular flexibility index (Phi) is 5.73. The van der Waals surface area contributed by atoms with Gasteiger partial charge >= 0.3 is 5.69 Å². The zero-order chi connectivity index (χ0) is 19.4. The highest BCUT2D eigenvalue weighted by Crippen LogP contribution is 2.27. The van der Waals surface area contributed by atoms with E-state index in [-0.39, 0.29) is 24.0 Å². The second-order valence-corrected chi connectivity index (χ2v) is 7.09. The number of carbonyl (C=O) groups excluding carboxylic acids is 1. The molecule has 0 aliphatic carbocycles. The number of carbonyl (C=O) groups is 1. The number of hydrogen-bond donors (Lipinski definition) is 1. The average molecular weight is 403 g/mol. The zero-order valence-electron chi connectivity index (χ0n) is 14.3. The standard InChI is InChI=1S/C19H15ClN2O4S/c1-12-6-7-14(20)9-15(12)21-19(23)18-8-13(11-27-18)10-26-17-5-3-2-4-16(17)22(24)25/h2-9,11H,10H2,1H3,(H,21,23). The van der Waals surface area contributed by atoms with Crippen molar-refractivity contribution < 1.29 is 14.5 Å². The van der Waals surface area contributed by atoms with E-state index in [4.69, 9.17) is 16.3 Å². The number of nitrogens with one attached hydrogen (secondary N) is 1. The molecule has 0 saturated carbocycles. The Hall–Kier alpha value is -2.90. The molecule has 0 bridgehead atoms. The average Bonchev–Trinajstić information content (AvgIpc) is 3.12. The fraction of sp³-hybridized carbons (Fsp3) is 0.105. The molecular weight excluding hydrogens is 388 g/mol. The van der Waals surface area contributed by atoms with Crippen LogP contribution in [0.2, 0.25) is 5.02 Å². The lowest BCUT2D eigenvalue weighted by molar-refractivity contribution is -0.385. The summed E-state index contributed by atoms with van der Waals surface area (Å²) in [6.07, 6.45) is 0. The van der Waals surface area contributed by atoms with E-state index in [0.29, 0.717) is 15.6 Å². The zero-order valence-corrected chi connectivity index (χ0v) is 15.8. The first kappa shape index (κ1) is 18.9. The van der Waals surface area contributed by atoms with Crippen LogP contribution >= 0.6 is 22.9 Å². The summed E-state index contributed by atoms with van der Waals surface area (Å²) in [6, 6.07) is 13.2. The van der Waals surface area contributed by atoms with Gasteiger partial charge in [-0.1, -0.05) is 29.8 Å². The second kappa shape index (κ2) is 8.20. The smallest absolute Gasteiger partial charge is 0.310 e. The lowest BCUT2D eigenvalue weighted by atomic mass is 10.2. The molecule has 27 heavy (non-hydrogen) atoms. The largest absolute Gasteiger partial charge is 0.482 e. The van der Waals surface area contributed by atoms with Crippen molar-refractivity contribution in [2.45, 2.75) is 13.5 Å². The summed E-state index contributed by atoms with van der Waals surface area (Å²) < 4.78 is 5.55. The van der Waals surface area contributed by atoms with Crippen LogP contribution in [0.15, 0.2) is 53.9 Å². The normalized spacial score (nSPS) is 10.4. The Morgan fingerprint density at radius 3 is 2.81 bits per heavy atom. The van der Waals surface area contributed by atoms with Crippen molar-refractivity contribution in [3.63, 3.8) is 0 Å². The quantitative estimate of drug-likeness (QED) is 0.439. The number of nitrogens with zero attached hydrogens (tertiary/aromatic N) is 1. The SMILES string of the molecule is Cc1ccc(Cl)cc1NC(=O)c1cc(COc2ccccc2[N+](=O)[O-])cs1. The Balaban J connectivity index is 1.67. The molecule has 2 aromatic carbocycles. The lowest BCUT2D eigenvalue weighted by Gasteiger charge is -2.07. The van der Waals surface area contributed by atoms with Crippen molar-refractivity contribution in [3.05, 3.63) is 85.1 Å². The van der Waals surface area contributed by atoms with Crippen LogP contribution in [0.1, 0.15) is 20.8 Å². The first-order chi connectivity index (χ1) is 12.9. The number of amides is 1. The van der Waals surface area contributed by atoms with Crippen LogP contribution in [-0.4, -0.2) is 10.8 Å². The van der Waals surface area contributed by atoms with Crippen LogP contribution < -0.4 is 10.1 Å². The molecule has 0 spiro atoms. The summed E-state index contributed by atoms with van der Waals surface area (Å²) in [4.78, 5) is 23.5. The van der Waals surface area contributed by atoms with Gasteiger partial charge in [0.1, 0.15) is 6.61 Å². The van der Waals surface area contributed by atoms with Crippen molar-refractivity contribution in [2.24, 2.45) is 0 Å². The third-order valence-corrected chi connectivity index (χ3v) is 4.99. The molecule has 0 unspecified atom stereocenters. The molecule has 0 aliphatic heterocycles. The topological polar surface area (TPSA) is 81.5 Å². The third kappa shape index (κ3) is 4.64. The maximum Gasteiger partial charge on any atom is 0.310 e. The molecule has 1 amide bonds. The van der Waals surface area contributed by atoms with Gasteiger partial charge in [0.15, 0.2) is 5.75 Å². The summed E-state index contributed by atoms with van der Waals surface area (Å²) in [5, 5.41) is 16.2. The minimum absolute atomic E-state index is 0.0953. The van der Waals surface area contributed by atoms with E-state index in [2.05, 4.69) is 5.32 Å². The van der Waals surface area contributed by atoms with Crippen molar-refractivity contribution in [3.8, 4) is 5.75 Å². The van der Waals surface area contributed by atoms with E-state index >= 15 is 0 Å². The molecule has 1 heterocycles. The second-order valence-electron chi connectivity index (χ2n) is 5.75. The van der Waals surface area contributed by atoms with Gasteiger partial charge in [-0.3, -0.25) is 14.9 Å². The summed E-state index contributed by atoms with van der Waals surface area (Å²) in [6.45, 7) is 2.01. The predicted octanol–water partition coefficient (Wildman–Crippen LogP) is 5.45. The fourth-order valence-corrected chi connectivity index (χ4v) is 3.34. The maximum absolute atomic E-state index is 12.4. The summed E-state index contributed by atoms with van der Waals surface area (Å²) in [5.74, 6) is -0.0587. The molecule has 1 N–H and O–H groups in total. The highest BCUT2D eigenvalue weighted by Gasteiger charge is 2.15. The molecule has 0 atom stereocenters. The van der Waals surface area contributed by atoms with Crippen molar-refractivity contribution in [1.82, 2.24) is 0 Å². The number of benzene rings is 2. The van der Waals surface area contributed by atoms with E-state index in [1.807, 2.05) is 13.0 Å². The molecule has 0 fully saturated rings. The minimum atomic E-state index is -0.491. The van der Waals surface area contributed by atoms with E-state index in [0.717, 1.165) is 11.1 Å². The minimum Gasteiger partial charge on any atom is -0.482 e. The molecule has 1 aromatic heterocycles. The molecule has 3 aromatic rings. The van der Waals surface area contributed by atoms with E-state index < -0.39 is 4.92 Å². The maximum atomic E-state index is 12.4. The fourth-order valence-electron chi connectivity index (χ4n) is 2.37. The number of nitro groups is 1. The molecule has 6 nitrogen and oxygen atoms in total. The van der Waals surface area contributed by atoms with Gasteiger partial charge in [-0.05, 0) is 42.1 Å². The van der Waals surface area contributed by atoms with Crippen LogP contribution in [0.4, 0.5) is 11.4 Å². The molecule has 8 heteroatoms. The summed E-state index contributed by atoms with van der Waals surface area (Å²) in [5.41, 5.74) is 2.22. The van der Waals surface area contributed by atoms with Gasteiger partial charge in [-0.15, -0.1) is 11.3 Å². The van der Waals surface area contributed by atoms with Crippen molar-refractivity contribution in [2.75, 3.05) is 5.32 Å². The number of rotatable bonds is 6. The molecular formula is C19H15ClN2O4S. The lowest BCUT2D eigenvalue weighted by Crippen LogP contribution is -2.11. The number of ether oxygens (including phenoxy) is 1. The number of para-hydroxylation sites is 2. The van der Waals surface area contributed by atoms with Gasteiger partial charge in [-0.2, -0.15) is 0 Å². The van der Waals surface area contributed by atoms with Crippen LogP contribution in [0.3, 0.4) is 0 Å². The monoisotopic (exact) mass is 402 g/mol. The third-order valence-electron chi connectivity index (χ3n) is 3.78. The Morgan fingerprint density at radius 2 is 2.04 bits per heavy atom. The highest BCUT2D eigenvalue weighted by molar-refractivity contribution is 7.12. The Bertz CT molecular complexity index is 1000. The van der Waals surface area contributed by atoms with Gasteiger partial charge in [0.25, 0.3) is 5.91 Å². The number of thiophene rings is 1. The molecule has 0 aliphatic rings. The summed E-state index contributed by atoms with van der Waals surface area (Å²) in [7, 11) is 0. The van der Waals surface area contributed by atoms with Gasteiger partial charge in [0.05, 0.1) is 9.80 Å². The molecule has 138 valence electrons. The van der Waals surface area contributed by atoms with Crippen molar-refractivity contribution >= 4 is 40.2 Å². The van der Waals surface area contributed by atoms with E-state index in [1.165, 1.54) is 17.4 Å². The predicted molar refractivity (Wildman–Crippen MR) is 106 cm³/mol. The summed E-state index contributed by atoms with van der Waals surface area (Å²) >= 11 is 7.25. The Labute approximate surface area is 164 Å². The molecule has 0 radical (unpaired) electrons. The number of halogens is 1. The van der Waals surface area contributed by atoms with Crippen LogP contribution in [0.25, 0.3) is 0 Å². The highest BCUT2D eigenvalue weighted by atomic mass is 35.5. The number of hydrogen-bond acceptors (Lipinski definition) is 5. The van der Waals surface area contributed by atoms with Gasteiger partial charge in [0.2, 0.25) is 0 Å². The first-order valence-corrected chi connectivity index (χ1v) is 9.21. The number of anilines is 1. The van der Waals surface area contributed by atoms with E-state index in [9.17, 15) is 14.9 Å². The van der Waals surface area contributed by atoms with Crippen molar-refractivity contribution in [1.29, 1.82) is 0 Å². The van der Waals surface area contributed by atoms with Gasteiger partial charge < -0.3 is 10.1 Å². The van der Waals surface area contributed by atoms with Crippen LogP contribution in [-0.2, 0) is 6.61 Å². The molecule has 0 saturated heterocycles. The molecule has 3 rings (SSSR count). The number of nitro benzene ring substituents is 1.